The van der Waals surface area contributed by atoms with Gasteiger partial charge in [0.25, 0.3) is 0 Å². The van der Waals surface area contributed by atoms with E-state index < -0.39 is 10.0 Å². The van der Waals surface area contributed by atoms with Gasteiger partial charge in [0.2, 0.25) is 10.0 Å². The molecule has 1 aromatic carbocycles. The molecule has 1 aromatic rings. The lowest BCUT2D eigenvalue weighted by atomic mass is 10.1. The predicted molar refractivity (Wildman–Crippen MR) is 77.8 cm³/mol. The van der Waals surface area contributed by atoms with E-state index in [1.807, 2.05) is 13.0 Å². The van der Waals surface area contributed by atoms with Crippen LogP contribution in [0.15, 0.2) is 29.2 Å². The standard InChI is InChI=1S/C14H22N2O3S/c1-10(15)11-4-3-5-14(8-11)20(17,18)16-12-6-7-13(9-12)19-2/h3-5,8,10,12-13,16H,6-7,9,15H2,1-2H3. The molecule has 1 fully saturated rings. The Kier molecular flexibility index (Phi) is 4.80. The smallest absolute Gasteiger partial charge is 0.240 e. The van der Waals surface area contributed by atoms with Gasteiger partial charge in [0.1, 0.15) is 0 Å². The molecule has 20 heavy (non-hydrogen) atoms. The Morgan fingerprint density at radius 1 is 1.40 bits per heavy atom. The molecule has 5 nitrogen and oxygen atoms in total. The van der Waals surface area contributed by atoms with Crippen molar-refractivity contribution in [1.82, 2.24) is 4.72 Å². The third-order valence-electron chi connectivity index (χ3n) is 3.73. The number of benzene rings is 1. The maximum atomic E-state index is 12.4. The fourth-order valence-electron chi connectivity index (χ4n) is 2.51. The summed E-state index contributed by atoms with van der Waals surface area (Å²) in [6, 6.07) is 6.55. The van der Waals surface area contributed by atoms with Crippen LogP contribution in [0.4, 0.5) is 0 Å². The van der Waals surface area contributed by atoms with Crippen molar-refractivity contribution in [2.24, 2.45) is 5.73 Å². The van der Waals surface area contributed by atoms with Gasteiger partial charge in [0, 0.05) is 19.2 Å². The Labute approximate surface area is 120 Å². The van der Waals surface area contributed by atoms with Crippen LogP contribution in [0.25, 0.3) is 0 Å². The summed E-state index contributed by atoms with van der Waals surface area (Å²) in [5.41, 5.74) is 6.61. The number of nitrogens with one attached hydrogen (secondary N) is 1. The molecule has 0 radical (unpaired) electrons. The number of hydrogen-bond donors (Lipinski definition) is 2. The zero-order chi connectivity index (χ0) is 14.8. The van der Waals surface area contributed by atoms with Gasteiger partial charge in [-0.25, -0.2) is 13.1 Å². The summed E-state index contributed by atoms with van der Waals surface area (Å²) in [4.78, 5) is 0.271. The molecule has 1 aliphatic rings. The van der Waals surface area contributed by atoms with Crippen molar-refractivity contribution >= 4 is 10.0 Å². The van der Waals surface area contributed by atoms with Crippen LogP contribution >= 0.6 is 0 Å². The normalized spacial score (nSPS) is 24.8. The summed E-state index contributed by atoms with van der Waals surface area (Å²) in [6.45, 7) is 1.83. The molecule has 2 rings (SSSR count). The van der Waals surface area contributed by atoms with E-state index in [1.165, 1.54) is 0 Å². The average Bonchev–Trinajstić information content (AvgIpc) is 2.86. The molecule has 112 valence electrons. The van der Waals surface area contributed by atoms with E-state index in [1.54, 1.807) is 25.3 Å². The Balaban J connectivity index is 2.12. The second-order valence-electron chi connectivity index (χ2n) is 5.35. The highest BCUT2D eigenvalue weighted by Crippen LogP contribution is 2.24. The summed E-state index contributed by atoms with van der Waals surface area (Å²) >= 11 is 0. The van der Waals surface area contributed by atoms with E-state index >= 15 is 0 Å². The van der Waals surface area contributed by atoms with Crippen LogP contribution in [0.2, 0.25) is 0 Å². The van der Waals surface area contributed by atoms with Crippen molar-refractivity contribution in [2.45, 2.75) is 49.3 Å². The van der Waals surface area contributed by atoms with E-state index in [9.17, 15) is 8.42 Å². The fourth-order valence-corrected chi connectivity index (χ4v) is 3.85. The number of sulfonamides is 1. The van der Waals surface area contributed by atoms with Gasteiger partial charge in [-0.2, -0.15) is 0 Å². The third kappa shape index (κ3) is 3.58. The summed E-state index contributed by atoms with van der Waals surface area (Å²) in [6.07, 6.45) is 2.58. The summed E-state index contributed by atoms with van der Waals surface area (Å²) in [5.74, 6) is 0. The second kappa shape index (κ2) is 6.22. The molecule has 0 heterocycles. The van der Waals surface area contributed by atoms with Crippen LogP contribution in [0.5, 0.6) is 0 Å². The van der Waals surface area contributed by atoms with Crippen molar-refractivity contribution in [2.75, 3.05) is 7.11 Å². The Morgan fingerprint density at radius 3 is 2.75 bits per heavy atom. The molecule has 0 saturated heterocycles. The molecular weight excluding hydrogens is 276 g/mol. The molecule has 3 N–H and O–H groups in total. The molecule has 1 saturated carbocycles. The van der Waals surface area contributed by atoms with Crippen LogP contribution in [-0.2, 0) is 14.8 Å². The van der Waals surface area contributed by atoms with E-state index in [0.717, 1.165) is 24.8 Å². The zero-order valence-electron chi connectivity index (χ0n) is 11.9. The zero-order valence-corrected chi connectivity index (χ0v) is 12.7. The summed E-state index contributed by atoms with van der Waals surface area (Å²) in [7, 11) is -1.83. The molecule has 3 atom stereocenters. The lowest BCUT2D eigenvalue weighted by Crippen LogP contribution is -2.33. The van der Waals surface area contributed by atoms with Gasteiger partial charge < -0.3 is 10.5 Å². The number of nitrogens with two attached hydrogens (primary N) is 1. The Bertz CT molecular complexity index is 557. The van der Waals surface area contributed by atoms with Gasteiger partial charge in [-0.15, -0.1) is 0 Å². The van der Waals surface area contributed by atoms with Crippen LogP contribution < -0.4 is 10.5 Å². The van der Waals surface area contributed by atoms with E-state index in [2.05, 4.69) is 4.72 Å². The lowest BCUT2D eigenvalue weighted by molar-refractivity contribution is 0.107. The summed E-state index contributed by atoms with van der Waals surface area (Å²) < 4.78 is 32.7. The minimum Gasteiger partial charge on any atom is -0.381 e. The van der Waals surface area contributed by atoms with Gasteiger partial charge in [-0.1, -0.05) is 12.1 Å². The largest absolute Gasteiger partial charge is 0.381 e. The molecule has 0 bridgehead atoms. The topological polar surface area (TPSA) is 81.4 Å². The molecule has 0 aromatic heterocycles. The Morgan fingerprint density at radius 2 is 2.15 bits per heavy atom. The van der Waals surface area contributed by atoms with Gasteiger partial charge in [-0.3, -0.25) is 0 Å². The average molecular weight is 298 g/mol. The molecule has 0 spiro atoms. The number of methoxy groups -OCH3 is 1. The molecule has 3 unspecified atom stereocenters. The highest BCUT2D eigenvalue weighted by molar-refractivity contribution is 7.89. The van der Waals surface area contributed by atoms with Crippen molar-refractivity contribution in [3.8, 4) is 0 Å². The summed E-state index contributed by atoms with van der Waals surface area (Å²) in [5, 5.41) is 0. The van der Waals surface area contributed by atoms with Crippen molar-refractivity contribution in [3.05, 3.63) is 29.8 Å². The van der Waals surface area contributed by atoms with Gasteiger partial charge in [0.15, 0.2) is 0 Å². The number of rotatable bonds is 5. The second-order valence-corrected chi connectivity index (χ2v) is 7.06. The maximum Gasteiger partial charge on any atom is 0.240 e. The van der Waals surface area contributed by atoms with Crippen LogP contribution in [-0.4, -0.2) is 27.7 Å². The first-order valence-corrected chi connectivity index (χ1v) is 8.31. The molecular formula is C14H22N2O3S. The SMILES string of the molecule is COC1CCC(NS(=O)(=O)c2cccc(C(C)N)c2)C1. The molecule has 6 heteroatoms. The quantitative estimate of drug-likeness (QED) is 0.864. The molecule has 0 aliphatic heterocycles. The molecule has 1 aliphatic carbocycles. The monoisotopic (exact) mass is 298 g/mol. The van der Waals surface area contributed by atoms with E-state index in [0.29, 0.717) is 0 Å². The first-order chi connectivity index (χ1) is 9.42. The molecule has 0 amide bonds. The van der Waals surface area contributed by atoms with Crippen molar-refractivity contribution in [3.63, 3.8) is 0 Å². The number of ether oxygens (including phenoxy) is 1. The fraction of sp³-hybridized carbons (Fsp3) is 0.571. The maximum absolute atomic E-state index is 12.4. The highest BCUT2D eigenvalue weighted by atomic mass is 32.2. The van der Waals surface area contributed by atoms with Crippen LogP contribution in [0, 0.1) is 0 Å². The van der Waals surface area contributed by atoms with Crippen molar-refractivity contribution < 1.29 is 13.2 Å². The van der Waals surface area contributed by atoms with E-state index in [-0.39, 0.29) is 23.1 Å². The van der Waals surface area contributed by atoms with Crippen LogP contribution in [0.3, 0.4) is 0 Å². The first kappa shape index (κ1) is 15.4. The number of hydrogen-bond acceptors (Lipinski definition) is 4. The van der Waals surface area contributed by atoms with Gasteiger partial charge >= 0.3 is 0 Å². The highest BCUT2D eigenvalue weighted by Gasteiger charge is 2.28. The van der Waals surface area contributed by atoms with Gasteiger partial charge in [-0.05, 0) is 43.9 Å². The minimum absolute atomic E-state index is 0.0519. The lowest BCUT2D eigenvalue weighted by Gasteiger charge is -2.14. The minimum atomic E-state index is -3.49. The van der Waals surface area contributed by atoms with Gasteiger partial charge in [0.05, 0.1) is 11.0 Å². The third-order valence-corrected chi connectivity index (χ3v) is 5.25. The van der Waals surface area contributed by atoms with E-state index in [4.69, 9.17) is 10.5 Å². The van der Waals surface area contributed by atoms with Crippen molar-refractivity contribution in [1.29, 1.82) is 0 Å². The predicted octanol–water partition coefficient (Wildman–Crippen LogP) is 1.55. The Hall–Kier alpha value is -0.950. The first-order valence-electron chi connectivity index (χ1n) is 6.83. The van der Waals surface area contributed by atoms with Crippen LogP contribution in [0.1, 0.15) is 37.8 Å².